The Labute approximate surface area is 121 Å². The highest BCUT2D eigenvalue weighted by Crippen LogP contribution is 2.10. The van der Waals surface area contributed by atoms with Crippen LogP contribution in [0.1, 0.15) is 37.0 Å². The first-order chi connectivity index (χ1) is 9.29. The highest BCUT2D eigenvalue weighted by molar-refractivity contribution is 6.30. The number of H-pyrrole nitrogens is 1. The minimum absolute atomic E-state index is 0.0868. The zero-order valence-electron chi connectivity index (χ0n) is 11.3. The van der Waals surface area contributed by atoms with Crippen molar-refractivity contribution in [3.8, 4) is 0 Å². The van der Waals surface area contributed by atoms with Gasteiger partial charge >= 0.3 is 5.97 Å². The van der Waals surface area contributed by atoms with Crippen molar-refractivity contribution in [1.82, 2.24) is 10.3 Å². The van der Waals surface area contributed by atoms with Crippen molar-refractivity contribution >= 4 is 23.5 Å². The minimum atomic E-state index is -0.976. The van der Waals surface area contributed by atoms with E-state index in [2.05, 4.69) is 10.3 Å². The molecule has 0 aromatic carbocycles. The number of rotatable bonds is 6. The molecule has 1 rings (SSSR count). The maximum absolute atomic E-state index is 12.0. The van der Waals surface area contributed by atoms with E-state index in [4.69, 9.17) is 16.7 Å². The van der Waals surface area contributed by atoms with E-state index in [-0.39, 0.29) is 22.9 Å². The Hall–Kier alpha value is -1.82. The predicted octanol–water partition coefficient (Wildman–Crippen LogP) is 1.65. The fraction of sp³-hybridized carbons (Fsp3) is 0.462. The lowest BCUT2D eigenvalue weighted by atomic mass is 10.0. The van der Waals surface area contributed by atoms with Gasteiger partial charge in [0.15, 0.2) is 0 Å². The first-order valence-corrected chi connectivity index (χ1v) is 6.58. The lowest BCUT2D eigenvalue weighted by Crippen LogP contribution is -2.37. The molecule has 1 aromatic rings. The summed E-state index contributed by atoms with van der Waals surface area (Å²) in [5.74, 6) is -1.19. The number of nitrogens with one attached hydrogen (secondary N) is 2. The van der Waals surface area contributed by atoms with Crippen LogP contribution in [-0.2, 0) is 4.79 Å². The van der Waals surface area contributed by atoms with E-state index in [1.54, 1.807) is 0 Å². The molecule has 1 atom stereocenters. The standard InChI is InChI=1S/C13H17ClN2O4/c1-7(2)3-9(5-11(17)18)16-12(19)8-4-10(14)13(20)15-6-8/h4,6-7,9H,3,5H2,1-2H3,(H,15,20)(H,16,19)(H,17,18)/t9-/m1/s1. The molecule has 0 unspecified atom stereocenters. The number of carbonyl (C=O) groups is 2. The summed E-state index contributed by atoms with van der Waals surface area (Å²) in [6, 6.07) is 0.786. The molecule has 6 nitrogen and oxygen atoms in total. The third kappa shape index (κ3) is 5.05. The van der Waals surface area contributed by atoms with Gasteiger partial charge in [-0.15, -0.1) is 0 Å². The molecule has 20 heavy (non-hydrogen) atoms. The zero-order valence-corrected chi connectivity index (χ0v) is 12.0. The molecule has 110 valence electrons. The molecule has 1 heterocycles. The second-order valence-electron chi connectivity index (χ2n) is 4.96. The van der Waals surface area contributed by atoms with Gasteiger partial charge in [0.1, 0.15) is 5.02 Å². The molecule has 0 spiro atoms. The molecule has 1 aromatic heterocycles. The van der Waals surface area contributed by atoms with Crippen LogP contribution in [-0.4, -0.2) is 28.0 Å². The number of carboxylic acid groups (broad SMARTS) is 1. The maximum atomic E-state index is 12.0. The molecule has 0 aliphatic heterocycles. The molecule has 0 saturated carbocycles. The molecule has 1 amide bonds. The van der Waals surface area contributed by atoms with Crippen LogP contribution in [0.15, 0.2) is 17.1 Å². The number of hydrogen-bond donors (Lipinski definition) is 3. The molecule has 7 heteroatoms. The van der Waals surface area contributed by atoms with E-state index >= 15 is 0 Å². The molecule has 3 N–H and O–H groups in total. The molecule has 0 fully saturated rings. The lowest BCUT2D eigenvalue weighted by molar-refractivity contribution is -0.137. The lowest BCUT2D eigenvalue weighted by Gasteiger charge is -2.18. The number of amides is 1. The summed E-state index contributed by atoms with van der Waals surface area (Å²) in [5.41, 5.74) is -0.291. The van der Waals surface area contributed by atoms with E-state index in [1.165, 1.54) is 12.3 Å². The summed E-state index contributed by atoms with van der Waals surface area (Å²) < 4.78 is 0. The smallest absolute Gasteiger partial charge is 0.305 e. The SMILES string of the molecule is CC(C)C[C@H](CC(=O)O)NC(=O)c1c[nH]c(=O)c(Cl)c1. The van der Waals surface area contributed by atoms with Gasteiger partial charge in [-0.25, -0.2) is 0 Å². The van der Waals surface area contributed by atoms with Gasteiger partial charge in [0, 0.05) is 12.2 Å². The quantitative estimate of drug-likeness (QED) is 0.743. The van der Waals surface area contributed by atoms with Crippen molar-refractivity contribution < 1.29 is 14.7 Å². The number of halogens is 1. The Morgan fingerprint density at radius 3 is 2.60 bits per heavy atom. The van der Waals surface area contributed by atoms with Gasteiger partial charge in [0.25, 0.3) is 11.5 Å². The van der Waals surface area contributed by atoms with E-state index < -0.39 is 23.5 Å². The Balaban J connectivity index is 2.81. The van der Waals surface area contributed by atoms with Crippen molar-refractivity contribution in [2.75, 3.05) is 0 Å². The molecule has 0 saturated heterocycles. The number of hydrogen-bond acceptors (Lipinski definition) is 3. The molecular weight excluding hydrogens is 284 g/mol. The Morgan fingerprint density at radius 1 is 1.45 bits per heavy atom. The summed E-state index contributed by atoms with van der Waals surface area (Å²) in [5, 5.41) is 11.4. The largest absolute Gasteiger partial charge is 0.481 e. The highest BCUT2D eigenvalue weighted by atomic mass is 35.5. The van der Waals surface area contributed by atoms with Crippen LogP contribution < -0.4 is 10.9 Å². The molecule has 0 aliphatic rings. The van der Waals surface area contributed by atoms with Crippen LogP contribution in [0.3, 0.4) is 0 Å². The van der Waals surface area contributed by atoms with E-state index in [0.717, 1.165) is 0 Å². The van der Waals surface area contributed by atoms with Gasteiger partial charge in [0.2, 0.25) is 0 Å². The van der Waals surface area contributed by atoms with Crippen molar-refractivity contribution in [1.29, 1.82) is 0 Å². The number of aliphatic carboxylic acids is 1. The van der Waals surface area contributed by atoms with E-state index in [1.807, 2.05) is 13.8 Å². The van der Waals surface area contributed by atoms with Gasteiger partial charge in [-0.2, -0.15) is 0 Å². The van der Waals surface area contributed by atoms with Gasteiger partial charge in [0.05, 0.1) is 12.0 Å². The molecule has 0 aliphatic carbocycles. The van der Waals surface area contributed by atoms with Crippen molar-refractivity contribution in [2.24, 2.45) is 5.92 Å². The third-order valence-corrected chi connectivity index (χ3v) is 2.91. The average Bonchev–Trinajstić information content (AvgIpc) is 2.30. The van der Waals surface area contributed by atoms with Crippen LogP contribution in [0.2, 0.25) is 5.02 Å². The second-order valence-corrected chi connectivity index (χ2v) is 5.37. The monoisotopic (exact) mass is 300 g/mol. The summed E-state index contributed by atoms with van der Waals surface area (Å²) in [6.07, 6.45) is 1.65. The van der Waals surface area contributed by atoms with E-state index in [9.17, 15) is 14.4 Å². The Morgan fingerprint density at radius 2 is 2.10 bits per heavy atom. The van der Waals surface area contributed by atoms with Gasteiger partial charge in [-0.3, -0.25) is 14.4 Å². The normalized spacial score (nSPS) is 12.2. The zero-order chi connectivity index (χ0) is 15.3. The van der Waals surface area contributed by atoms with E-state index in [0.29, 0.717) is 6.42 Å². The van der Waals surface area contributed by atoms with Crippen LogP contribution in [0.25, 0.3) is 0 Å². The van der Waals surface area contributed by atoms with Crippen LogP contribution >= 0.6 is 11.6 Å². The van der Waals surface area contributed by atoms with Crippen molar-refractivity contribution in [2.45, 2.75) is 32.7 Å². The number of aromatic nitrogens is 1. The number of carbonyl (C=O) groups excluding carboxylic acids is 1. The van der Waals surface area contributed by atoms with Gasteiger partial charge in [-0.05, 0) is 18.4 Å². The summed E-state index contributed by atoms with van der Waals surface area (Å²) in [7, 11) is 0. The number of aromatic amines is 1. The summed E-state index contributed by atoms with van der Waals surface area (Å²) in [4.78, 5) is 36.2. The molecule has 0 radical (unpaired) electrons. The summed E-state index contributed by atoms with van der Waals surface area (Å²) in [6.45, 7) is 3.88. The predicted molar refractivity (Wildman–Crippen MR) is 75.0 cm³/mol. The maximum Gasteiger partial charge on any atom is 0.305 e. The van der Waals surface area contributed by atoms with Crippen molar-refractivity contribution in [3.63, 3.8) is 0 Å². The van der Waals surface area contributed by atoms with Crippen LogP contribution in [0.4, 0.5) is 0 Å². The average molecular weight is 301 g/mol. The minimum Gasteiger partial charge on any atom is -0.481 e. The van der Waals surface area contributed by atoms with Gasteiger partial charge in [-0.1, -0.05) is 25.4 Å². The number of pyridine rings is 1. The Bertz CT molecular complexity index is 554. The highest BCUT2D eigenvalue weighted by Gasteiger charge is 2.18. The van der Waals surface area contributed by atoms with Crippen molar-refractivity contribution in [3.05, 3.63) is 33.2 Å². The first-order valence-electron chi connectivity index (χ1n) is 6.20. The topological polar surface area (TPSA) is 99.3 Å². The number of carboxylic acids is 1. The fourth-order valence-electron chi connectivity index (χ4n) is 1.83. The first kappa shape index (κ1) is 16.2. The molecular formula is C13H17ClN2O4. The Kier molecular flexibility index (Phi) is 5.76. The summed E-state index contributed by atoms with van der Waals surface area (Å²) >= 11 is 5.65. The van der Waals surface area contributed by atoms with Crippen LogP contribution in [0, 0.1) is 5.92 Å². The fourth-order valence-corrected chi connectivity index (χ4v) is 2.00. The third-order valence-electron chi connectivity index (χ3n) is 2.63. The second kappa shape index (κ2) is 7.09. The van der Waals surface area contributed by atoms with Gasteiger partial charge < -0.3 is 15.4 Å². The van der Waals surface area contributed by atoms with Crippen LogP contribution in [0.5, 0.6) is 0 Å². The molecule has 0 bridgehead atoms.